The second-order valence-electron chi connectivity index (χ2n) is 8.18. The molecule has 7 nitrogen and oxygen atoms in total. The Morgan fingerprint density at radius 3 is 2.85 bits per heavy atom. The van der Waals surface area contributed by atoms with Crippen molar-refractivity contribution < 1.29 is 9.90 Å². The van der Waals surface area contributed by atoms with Crippen LogP contribution in [0, 0.1) is 0 Å². The smallest absolute Gasteiger partial charge is 0.223 e. The van der Waals surface area contributed by atoms with Crippen LogP contribution >= 0.6 is 0 Å². The Bertz CT molecular complexity index is 653. The normalized spacial score (nSPS) is 28.4. The van der Waals surface area contributed by atoms with Crippen molar-refractivity contribution in [1.82, 2.24) is 25.2 Å². The third-order valence-electron chi connectivity index (χ3n) is 6.08. The molecule has 2 atom stereocenters. The molecule has 2 fully saturated rings. The Kier molecular flexibility index (Phi) is 5.09. The quantitative estimate of drug-likeness (QED) is 0.751. The van der Waals surface area contributed by atoms with Gasteiger partial charge in [-0.25, -0.2) is 4.68 Å². The van der Waals surface area contributed by atoms with Gasteiger partial charge in [-0.15, -0.1) is 5.10 Å². The lowest BCUT2D eigenvalue weighted by Crippen LogP contribution is -2.47. The molecule has 3 aliphatic rings. The molecule has 1 saturated heterocycles. The van der Waals surface area contributed by atoms with E-state index in [9.17, 15) is 9.90 Å². The van der Waals surface area contributed by atoms with Crippen LogP contribution in [0.1, 0.15) is 57.4 Å². The molecule has 1 aromatic heterocycles. The van der Waals surface area contributed by atoms with Crippen LogP contribution in [0.5, 0.6) is 0 Å². The van der Waals surface area contributed by atoms with Crippen molar-refractivity contribution in [2.75, 3.05) is 19.6 Å². The number of carbonyl (C=O) groups is 1. The average Bonchev–Trinajstić information content (AvgIpc) is 3.24. The van der Waals surface area contributed by atoms with Gasteiger partial charge in [0.05, 0.1) is 30.3 Å². The van der Waals surface area contributed by atoms with Crippen molar-refractivity contribution >= 4 is 5.91 Å². The number of amides is 1. The van der Waals surface area contributed by atoms with Gasteiger partial charge in [0, 0.05) is 25.8 Å². The molecule has 1 amide bonds. The van der Waals surface area contributed by atoms with Crippen LogP contribution in [0.3, 0.4) is 0 Å². The van der Waals surface area contributed by atoms with Gasteiger partial charge in [-0.05, 0) is 44.9 Å². The highest BCUT2D eigenvalue weighted by Gasteiger charge is 2.39. The summed E-state index contributed by atoms with van der Waals surface area (Å²) in [6.07, 6.45) is 13.6. The largest absolute Gasteiger partial charge is 0.389 e. The Hall–Kier alpha value is -1.73. The van der Waals surface area contributed by atoms with Crippen molar-refractivity contribution in [3.63, 3.8) is 0 Å². The Morgan fingerprint density at radius 2 is 2.19 bits per heavy atom. The standard InChI is InChI=1S/C19H29N5O2/c25-18(11-19(26)7-4-8-19)21-16-13-23(12-15-5-2-1-3-6-15)14-17(16)24-10-9-20-22-24/h5,9-10,16-17,26H,1-4,6-8,11-14H2,(H,21,25)/t16-,17+/m1/s1. The zero-order chi connectivity index (χ0) is 18.0. The number of hydrogen-bond donors (Lipinski definition) is 2. The molecule has 0 unspecified atom stereocenters. The number of allylic oxidation sites excluding steroid dienone is 1. The number of rotatable bonds is 6. The van der Waals surface area contributed by atoms with E-state index in [-0.39, 0.29) is 24.4 Å². The van der Waals surface area contributed by atoms with Gasteiger partial charge in [-0.2, -0.15) is 0 Å². The predicted octanol–water partition coefficient (Wildman–Crippen LogP) is 1.43. The van der Waals surface area contributed by atoms with E-state index in [1.807, 2.05) is 10.9 Å². The van der Waals surface area contributed by atoms with E-state index < -0.39 is 5.60 Å². The monoisotopic (exact) mass is 359 g/mol. The van der Waals surface area contributed by atoms with E-state index in [1.165, 1.54) is 31.3 Å². The maximum atomic E-state index is 12.5. The van der Waals surface area contributed by atoms with Gasteiger partial charge < -0.3 is 10.4 Å². The van der Waals surface area contributed by atoms with E-state index in [4.69, 9.17) is 0 Å². The molecule has 26 heavy (non-hydrogen) atoms. The van der Waals surface area contributed by atoms with E-state index in [0.29, 0.717) is 0 Å². The van der Waals surface area contributed by atoms with Crippen molar-refractivity contribution in [2.24, 2.45) is 0 Å². The molecule has 7 heteroatoms. The number of nitrogens with one attached hydrogen (secondary N) is 1. The van der Waals surface area contributed by atoms with Crippen LogP contribution in [-0.4, -0.2) is 62.2 Å². The van der Waals surface area contributed by atoms with Gasteiger partial charge in [0.15, 0.2) is 0 Å². The summed E-state index contributed by atoms with van der Waals surface area (Å²) in [4.78, 5) is 14.9. The fourth-order valence-corrected chi connectivity index (χ4v) is 4.45. The summed E-state index contributed by atoms with van der Waals surface area (Å²) in [6.45, 7) is 2.64. The zero-order valence-corrected chi connectivity index (χ0v) is 15.3. The van der Waals surface area contributed by atoms with Crippen molar-refractivity contribution in [3.05, 3.63) is 24.0 Å². The number of hydrogen-bond acceptors (Lipinski definition) is 5. The Balaban J connectivity index is 1.40. The molecular weight excluding hydrogens is 330 g/mol. The van der Waals surface area contributed by atoms with Gasteiger partial charge in [-0.1, -0.05) is 16.9 Å². The zero-order valence-electron chi connectivity index (χ0n) is 15.3. The van der Waals surface area contributed by atoms with Crippen LogP contribution in [0.2, 0.25) is 0 Å². The molecule has 0 bridgehead atoms. The minimum absolute atomic E-state index is 0.00272. The number of likely N-dealkylation sites (tertiary alicyclic amines) is 1. The highest BCUT2D eigenvalue weighted by Crippen LogP contribution is 2.34. The van der Waals surface area contributed by atoms with Crippen molar-refractivity contribution in [3.8, 4) is 0 Å². The molecule has 1 aliphatic heterocycles. The Labute approximate surface area is 154 Å². The first-order valence-corrected chi connectivity index (χ1v) is 9.89. The number of carbonyl (C=O) groups excluding carboxylic acids is 1. The van der Waals surface area contributed by atoms with Gasteiger partial charge >= 0.3 is 0 Å². The second-order valence-corrected chi connectivity index (χ2v) is 8.18. The molecule has 2 N–H and O–H groups in total. The summed E-state index contributed by atoms with van der Waals surface area (Å²) in [5.41, 5.74) is 0.738. The van der Waals surface area contributed by atoms with Crippen LogP contribution in [0.4, 0.5) is 0 Å². The molecule has 1 saturated carbocycles. The van der Waals surface area contributed by atoms with E-state index in [2.05, 4.69) is 26.6 Å². The van der Waals surface area contributed by atoms with Crippen LogP contribution in [-0.2, 0) is 4.79 Å². The fourth-order valence-electron chi connectivity index (χ4n) is 4.45. The van der Waals surface area contributed by atoms with Crippen LogP contribution in [0.25, 0.3) is 0 Å². The molecule has 2 aliphatic carbocycles. The number of aliphatic hydroxyl groups is 1. The maximum absolute atomic E-state index is 12.5. The molecule has 2 heterocycles. The summed E-state index contributed by atoms with van der Waals surface area (Å²) >= 11 is 0. The highest BCUT2D eigenvalue weighted by molar-refractivity contribution is 5.77. The average molecular weight is 359 g/mol. The van der Waals surface area contributed by atoms with Crippen LogP contribution in [0.15, 0.2) is 24.0 Å². The van der Waals surface area contributed by atoms with Crippen molar-refractivity contribution in [1.29, 1.82) is 0 Å². The van der Waals surface area contributed by atoms with Gasteiger partial charge in [0.1, 0.15) is 0 Å². The second kappa shape index (κ2) is 7.48. The van der Waals surface area contributed by atoms with Gasteiger partial charge in [-0.3, -0.25) is 9.69 Å². The van der Waals surface area contributed by atoms with E-state index in [1.54, 1.807) is 6.20 Å². The molecule has 4 rings (SSSR count). The Morgan fingerprint density at radius 1 is 1.31 bits per heavy atom. The highest BCUT2D eigenvalue weighted by atomic mass is 16.3. The first-order chi connectivity index (χ1) is 12.6. The minimum Gasteiger partial charge on any atom is -0.389 e. The molecule has 142 valence electrons. The number of aromatic nitrogens is 3. The minimum atomic E-state index is -0.780. The molecule has 0 aromatic carbocycles. The third-order valence-corrected chi connectivity index (χ3v) is 6.08. The van der Waals surface area contributed by atoms with Crippen molar-refractivity contribution in [2.45, 2.75) is 69.1 Å². The lowest BCUT2D eigenvalue weighted by atomic mass is 9.77. The third kappa shape index (κ3) is 3.99. The first-order valence-electron chi connectivity index (χ1n) is 9.89. The lowest BCUT2D eigenvalue weighted by Gasteiger charge is -2.36. The summed E-state index contributed by atoms with van der Waals surface area (Å²) in [6, 6.07) is 0.0822. The van der Waals surface area contributed by atoms with Gasteiger partial charge in [0.25, 0.3) is 0 Å². The molecule has 1 aromatic rings. The first kappa shape index (κ1) is 17.7. The van der Waals surface area contributed by atoms with E-state index in [0.717, 1.165) is 38.9 Å². The summed E-state index contributed by atoms with van der Waals surface area (Å²) < 4.78 is 1.86. The topological polar surface area (TPSA) is 83.3 Å². The van der Waals surface area contributed by atoms with Crippen LogP contribution < -0.4 is 5.32 Å². The molecule has 0 radical (unpaired) electrons. The van der Waals surface area contributed by atoms with E-state index >= 15 is 0 Å². The molecule has 0 spiro atoms. The molecular formula is C19H29N5O2. The SMILES string of the molecule is O=C(CC1(O)CCC1)N[C@@H]1CN(CC2=CCCCC2)C[C@@H]1n1ccnn1. The predicted molar refractivity (Wildman–Crippen MR) is 97.4 cm³/mol. The summed E-state index contributed by atoms with van der Waals surface area (Å²) in [5.74, 6) is -0.0546. The lowest BCUT2D eigenvalue weighted by molar-refractivity contribution is -0.131. The number of nitrogens with zero attached hydrogens (tertiary/aromatic N) is 4. The fraction of sp³-hybridized carbons (Fsp3) is 0.737. The summed E-state index contributed by atoms with van der Waals surface area (Å²) in [5, 5.41) is 21.5. The maximum Gasteiger partial charge on any atom is 0.223 e. The summed E-state index contributed by atoms with van der Waals surface area (Å²) in [7, 11) is 0. The van der Waals surface area contributed by atoms with Gasteiger partial charge in [0.2, 0.25) is 5.91 Å².